The van der Waals surface area contributed by atoms with Gasteiger partial charge >= 0.3 is 0 Å². The van der Waals surface area contributed by atoms with Crippen molar-refractivity contribution < 1.29 is 4.39 Å². The Hall–Kier alpha value is -2.10. The number of imidazole rings is 1. The van der Waals surface area contributed by atoms with Crippen molar-refractivity contribution in [2.24, 2.45) is 0 Å². The van der Waals surface area contributed by atoms with Crippen LogP contribution in [-0.4, -0.2) is 16.1 Å². The molecule has 0 radical (unpaired) electrons. The molecule has 0 saturated heterocycles. The van der Waals surface area contributed by atoms with Gasteiger partial charge in [0.2, 0.25) is 5.95 Å². The summed E-state index contributed by atoms with van der Waals surface area (Å²) in [6, 6.07) is 4.88. The van der Waals surface area contributed by atoms with Crippen molar-refractivity contribution in [2.75, 3.05) is 11.9 Å². The third-order valence-corrected chi connectivity index (χ3v) is 2.35. The van der Waals surface area contributed by atoms with Crippen molar-refractivity contribution in [3.05, 3.63) is 54.6 Å². The number of hydrogen-bond acceptors (Lipinski definition) is 2. The Morgan fingerprint density at radius 3 is 3.00 bits per heavy atom. The molecule has 0 saturated carbocycles. The SMILES string of the molecule is C=CCNc1nccn1-c1cc(C)cc(F)c1. The van der Waals surface area contributed by atoms with Crippen LogP contribution in [0.4, 0.5) is 10.3 Å². The minimum Gasteiger partial charge on any atom is -0.352 e. The third-order valence-electron chi connectivity index (χ3n) is 2.35. The van der Waals surface area contributed by atoms with Crippen LogP contribution in [0.15, 0.2) is 43.2 Å². The van der Waals surface area contributed by atoms with E-state index in [1.807, 2.05) is 13.0 Å². The molecule has 2 aromatic rings. The van der Waals surface area contributed by atoms with Gasteiger partial charge in [-0.25, -0.2) is 9.37 Å². The molecule has 4 heteroatoms. The molecule has 88 valence electrons. The lowest BCUT2D eigenvalue weighted by Crippen LogP contribution is -2.06. The Morgan fingerprint density at radius 2 is 2.29 bits per heavy atom. The maximum Gasteiger partial charge on any atom is 0.207 e. The van der Waals surface area contributed by atoms with E-state index in [0.29, 0.717) is 12.5 Å². The number of halogens is 1. The maximum atomic E-state index is 13.3. The van der Waals surface area contributed by atoms with Gasteiger partial charge in [-0.3, -0.25) is 4.57 Å². The largest absolute Gasteiger partial charge is 0.352 e. The lowest BCUT2D eigenvalue weighted by molar-refractivity contribution is 0.625. The number of benzene rings is 1. The van der Waals surface area contributed by atoms with E-state index in [1.54, 1.807) is 23.0 Å². The van der Waals surface area contributed by atoms with Gasteiger partial charge in [-0.15, -0.1) is 6.58 Å². The second-order valence-corrected chi connectivity index (χ2v) is 3.78. The zero-order chi connectivity index (χ0) is 12.3. The molecule has 0 bridgehead atoms. The van der Waals surface area contributed by atoms with E-state index in [0.717, 1.165) is 11.3 Å². The molecular weight excluding hydrogens is 217 g/mol. The average molecular weight is 231 g/mol. The van der Waals surface area contributed by atoms with Crippen molar-refractivity contribution in [2.45, 2.75) is 6.92 Å². The predicted octanol–water partition coefficient (Wildman–Crippen LogP) is 2.92. The highest BCUT2D eigenvalue weighted by Crippen LogP contribution is 2.17. The Labute approximate surface area is 99.6 Å². The highest BCUT2D eigenvalue weighted by molar-refractivity contribution is 5.44. The van der Waals surface area contributed by atoms with E-state index in [1.165, 1.54) is 12.1 Å². The van der Waals surface area contributed by atoms with Gasteiger partial charge < -0.3 is 5.32 Å². The van der Waals surface area contributed by atoms with Gasteiger partial charge in [0.25, 0.3) is 0 Å². The highest BCUT2D eigenvalue weighted by atomic mass is 19.1. The first kappa shape index (κ1) is 11.4. The predicted molar refractivity (Wildman–Crippen MR) is 66.9 cm³/mol. The molecule has 3 nitrogen and oxygen atoms in total. The fourth-order valence-corrected chi connectivity index (χ4v) is 1.66. The summed E-state index contributed by atoms with van der Waals surface area (Å²) in [5.41, 5.74) is 1.63. The van der Waals surface area contributed by atoms with Crippen LogP contribution < -0.4 is 5.32 Å². The van der Waals surface area contributed by atoms with Gasteiger partial charge in [0.15, 0.2) is 0 Å². The molecule has 2 rings (SSSR count). The first-order valence-corrected chi connectivity index (χ1v) is 5.36. The fraction of sp³-hybridized carbons (Fsp3) is 0.154. The molecule has 0 spiro atoms. The van der Waals surface area contributed by atoms with Crippen molar-refractivity contribution in [1.29, 1.82) is 0 Å². The van der Waals surface area contributed by atoms with Gasteiger partial charge in [0.1, 0.15) is 5.82 Å². The number of aromatic nitrogens is 2. The summed E-state index contributed by atoms with van der Waals surface area (Å²) in [5.74, 6) is 0.429. The van der Waals surface area contributed by atoms with Gasteiger partial charge in [0, 0.05) is 18.9 Å². The smallest absolute Gasteiger partial charge is 0.207 e. The highest BCUT2D eigenvalue weighted by Gasteiger charge is 2.05. The molecule has 0 atom stereocenters. The molecule has 0 fully saturated rings. The Balaban J connectivity index is 2.38. The molecule has 0 aliphatic carbocycles. The number of nitrogens with zero attached hydrogens (tertiary/aromatic N) is 2. The van der Waals surface area contributed by atoms with E-state index >= 15 is 0 Å². The summed E-state index contributed by atoms with van der Waals surface area (Å²) in [7, 11) is 0. The van der Waals surface area contributed by atoms with Crippen LogP contribution in [0.25, 0.3) is 5.69 Å². The molecule has 0 amide bonds. The van der Waals surface area contributed by atoms with Crippen molar-refractivity contribution in [1.82, 2.24) is 9.55 Å². The molecule has 0 aliphatic heterocycles. The molecule has 0 unspecified atom stereocenters. The first-order valence-electron chi connectivity index (χ1n) is 5.36. The fourth-order valence-electron chi connectivity index (χ4n) is 1.66. The lowest BCUT2D eigenvalue weighted by Gasteiger charge is -2.09. The van der Waals surface area contributed by atoms with Crippen LogP contribution in [0.3, 0.4) is 0 Å². The minimum absolute atomic E-state index is 0.247. The molecule has 1 aromatic carbocycles. The van der Waals surface area contributed by atoms with Crippen molar-refractivity contribution in [3.8, 4) is 5.69 Å². The average Bonchev–Trinajstić information content (AvgIpc) is 2.73. The number of anilines is 1. The van der Waals surface area contributed by atoms with Gasteiger partial charge in [0.05, 0.1) is 5.69 Å². The standard InChI is InChI=1S/C13H14FN3/c1-3-4-15-13-16-5-6-17(13)12-8-10(2)7-11(14)9-12/h3,5-9H,1,4H2,2H3,(H,15,16). The summed E-state index contributed by atoms with van der Waals surface area (Å²) < 4.78 is 15.1. The summed E-state index contributed by atoms with van der Waals surface area (Å²) >= 11 is 0. The van der Waals surface area contributed by atoms with E-state index in [-0.39, 0.29) is 5.82 Å². The Morgan fingerprint density at radius 1 is 1.47 bits per heavy atom. The van der Waals surface area contributed by atoms with Crippen LogP contribution in [-0.2, 0) is 0 Å². The van der Waals surface area contributed by atoms with Crippen LogP contribution >= 0.6 is 0 Å². The number of rotatable bonds is 4. The quantitative estimate of drug-likeness (QED) is 0.820. The topological polar surface area (TPSA) is 29.9 Å². The normalized spacial score (nSPS) is 10.2. The summed E-state index contributed by atoms with van der Waals surface area (Å²) in [5, 5.41) is 3.09. The van der Waals surface area contributed by atoms with Crippen LogP contribution in [0.2, 0.25) is 0 Å². The number of hydrogen-bond donors (Lipinski definition) is 1. The lowest BCUT2D eigenvalue weighted by atomic mass is 10.2. The van der Waals surface area contributed by atoms with Crippen LogP contribution in [0.1, 0.15) is 5.56 Å². The molecule has 1 N–H and O–H groups in total. The number of nitrogens with one attached hydrogen (secondary N) is 1. The second kappa shape index (κ2) is 4.82. The molecule has 17 heavy (non-hydrogen) atoms. The molecular formula is C13H14FN3. The van der Waals surface area contributed by atoms with E-state index in [2.05, 4.69) is 16.9 Å². The van der Waals surface area contributed by atoms with Crippen LogP contribution in [0, 0.1) is 12.7 Å². The number of aryl methyl sites for hydroxylation is 1. The van der Waals surface area contributed by atoms with Gasteiger partial charge in [-0.05, 0) is 30.7 Å². The monoisotopic (exact) mass is 231 g/mol. The Kier molecular flexibility index (Phi) is 3.23. The first-order chi connectivity index (χ1) is 8.20. The van der Waals surface area contributed by atoms with E-state index < -0.39 is 0 Å². The third kappa shape index (κ3) is 2.53. The Bertz CT molecular complexity index is 511. The zero-order valence-corrected chi connectivity index (χ0v) is 9.65. The summed E-state index contributed by atoms with van der Waals surface area (Å²) in [6.07, 6.45) is 5.21. The van der Waals surface area contributed by atoms with Gasteiger partial charge in [-0.1, -0.05) is 6.08 Å². The van der Waals surface area contributed by atoms with E-state index in [9.17, 15) is 4.39 Å². The van der Waals surface area contributed by atoms with E-state index in [4.69, 9.17) is 0 Å². The summed E-state index contributed by atoms with van der Waals surface area (Å²) in [4.78, 5) is 4.17. The van der Waals surface area contributed by atoms with Crippen molar-refractivity contribution >= 4 is 5.95 Å². The molecule has 1 aromatic heterocycles. The molecule has 1 heterocycles. The minimum atomic E-state index is -0.247. The summed E-state index contributed by atoms with van der Waals surface area (Å²) in [6.45, 7) is 6.11. The van der Waals surface area contributed by atoms with Crippen molar-refractivity contribution in [3.63, 3.8) is 0 Å². The second-order valence-electron chi connectivity index (χ2n) is 3.78. The van der Waals surface area contributed by atoms with Gasteiger partial charge in [-0.2, -0.15) is 0 Å². The molecule has 0 aliphatic rings. The zero-order valence-electron chi connectivity index (χ0n) is 9.65. The van der Waals surface area contributed by atoms with Crippen LogP contribution in [0.5, 0.6) is 0 Å². The maximum absolute atomic E-state index is 13.3.